The minimum atomic E-state index is -3.98. The van der Waals surface area contributed by atoms with Crippen molar-refractivity contribution in [3.05, 3.63) is 42.5 Å². The Balaban J connectivity index is 1.82. The molecule has 2 aromatic rings. The quantitative estimate of drug-likeness (QED) is 0.555. The van der Waals surface area contributed by atoms with E-state index in [0.29, 0.717) is 24.8 Å². The molecule has 1 fully saturated rings. The molecular formula is C23H30N2O6S. The van der Waals surface area contributed by atoms with E-state index in [4.69, 9.17) is 9.47 Å². The number of fused-ring (bicyclic) bond motifs is 1. The fourth-order valence-corrected chi connectivity index (χ4v) is 5.16. The van der Waals surface area contributed by atoms with Gasteiger partial charge in [0.2, 0.25) is 22.2 Å². The van der Waals surface area contributed by atoms with Crippen molar-refractivity contribution in [2.24, 2.45) is 5.92 Å². The number of carbonyl (C=O) groups excluding carboxylic acids is 2. The van der Waals surface area contributed by atoms with Crippen molar-refractivity contribution in [2.75, 3.05) is 6.61 Å². The minimum Gasteiger partial charge on any atom is -0.433 e. The lowest BCUT2D eigenvalue weighted by Gasteiger charge is -2.27. The summed E-state index contributed by atoms with van der Waals surface area (Å²) in [4.78, 5) is 24.9. The number of rotatable bonds is 9. The Labute approximate surface area is 188 Å². The third-order valence-electron chi connectivity index (χ3n) is 5.72. The molecule has 0 aliphatic carbocycles. The highest BCUT2D eigenvalue weighted by molar-refractivity contribution is 7.89. The molecule has 2 N–H and O–H groups in total. The fourth-order valence-electron chi connectivity index (χ4n) is 3.63. The van der Waals surface area contributed by atoms with Crippen LogP contribution < -0.4 is 10.0 Å². The molecular weight excluding hydrogens is 432 g/mol. The molecule has 174 valence electrons. The van der Waals surface area contributed by atoms with Gasteiger partial charge in [-0.15, -0.1) is 0 Å². The molecule has 8 nitrogen and oxygen atoms in total. The molecule has 0 bridgehead atoms. The van der Waals surface area contributed by atoms with Crippen molar-refractivity contribution in [3.63, 3.8) is 0 Å². The van der Waals surface area contributed by atoms with Crippen LogP contribution in [0.25, 0.3) is 10.8 Å². The first-order valence-electron chi connectivity index (χ1n) is 10.9. The molecule has 9 heteroatoms. The van der Waals surface area contributed by atoms with Crippen molar-refractivity contribution in [2.45, 2.75) is 63.3 Å². The van der Waals surface area contributed by atoms with E-state index in [9.17, 15) is 18.0 Å². The molecule has 1 amide bonds. The van der Waals surface area contributed by atoms with Crippen LogP contribution >= 0.6 is 0 Å². The van der Waals surface area contributed by atoms with Gasteiger partial charge in [0, 0.05) is 11.8 Å². The standard InChI is InChI=1S/C23H30N2O6S/c1-4-15(3)21(22(27)24-18-13-14-30-23(18)31-20(26)5-2)25-32(28,29)19-12-8-10-16-9-6-7-11-17(16)19/h6-12,15,18,21,23,25H,4-5,13-14H2,1-3H3,(H,24,27)/t15?,18-,21-,23-/m0/s1. The normalized spacial score (nSPS) is 20.6. The molecule has 1 aliphatic rings. The maximum absolute atomic E-state index is 13.3. The van der Waals surface area contributed by atoms with Crippen LogP contribution in [0.2, 0.25) is 0 Å². The summed E-state index contributed by atoms with van der Waals surface area (Å²) in [5.41, 5.74) is 0. The summed E-state index contributed by atoms with van der Waals surface area (Å²) in [6.07, 6.45) is 0.377. The number of sulfonamides is 1. The fraction of sp³-hybridized carbons (Fsp3) is 0.478. The summed E-state index contributed by atoms with van der Waals surface area (Å²) in [5.74, 6) is -1.17. The van der Waals surface area contributed by atoms with E-state index >= 15 is 0 Å². The van der Waals surface area contributed by atoms with E-state index in [0.717, 1.165) is 5.39 Å². The SMILES string of the molecule is CCC(=O)O[C@@H]1OCC[C@@H]1NC(=O)[C@@H](NS(=O)(=O)c1cccc2ccccc12)C(C)CC. The van der Waals surface area contributed by atoms with Gasteiger partial charge < -0.3 is 14.8 Å². The van der Waals surface area contributed by atoms with Gasteiger partial charge in [-0.1, -0.05) is 63.6 Å². The third-order valence-corrected chi connectivity index (χ3v) is 7.22. The Morgan fingerprint density at radius 1 is 1.16 bits per heavy atom. The average molecular weight is 463 g/mol. The molecule has 1 unspecified atom stereocenters. The average Bonchev–Trinajstić information content (AvgIpc) is 3.22. The monoisotopic (exact) mass is 462 g/mol. The smallest absolute Gasteiger partial charge is 0.307 e. The van der Waals surface area contributed by atoms with Crippen LogP contribution in [0.3, 0.4) is 0 Å². The second-order valence-corrected chi connectivity index (χ2v) is 9.63. The number of ether oxygens (including phenoxy) is 2. The van der Waals surface area contributed by atoms with Gasteiger partial charge in [-0.05, 0) is 23.8 Å². The number of esters is 1. The molecule has 1 saturated heterocycles. The Kier molecular flexibility index (Phi) is 7.86. The largest absolute Gasteiger partial charge is 0.433 e. The highest BCUT2D eigenvalue weighted by Crippen LogP contribution is 2.24. The molecule has 2 aromatic carbocycles. The molecule has 3 rings (SSSR count). The van der Waals surface area contributed by atoms with Crippen LogP contribution in [-0.2, 0) is 29.1 Å². The lowest BCUT2D eigenvalue weighted by atomic mass is 9.99. The zero-order chi connectivity index (χ0) is 23.3. The van der Waals surface area contributed by atoms with Gasteiger partial charge in [-0.2, -0.15) is 4.72 Å². The summed E-state index contributed by atoms with van der Waals surface area (Å²) in [6.45, 7) is 5.71. The van der Waals surface area contributed by atoms with Crippen molar-refractivity contribution in [3.8, 4) is 0 Å². The van der Waals surface area contributed by atoms with E-state index in [2.05, 4.69) is 10.0 Å². The van der Waals surface area contributed by atoms with Crippen LogP contribution in [0.1, 0.15) is 40.0 Å². The van der Waals surface area contributed by atoms with Crippen molar-refractivity contribution in [1.29, 1.82) is 0 Å². The number of carbonyl (C=O) groups is 2. The molecule has 0 saturated carbocycles. The lowest BCUT2D eigenvalue weighted by molar-refractivity contribution is -0.173. The number of hydrogen-bond donors (Lipinski definition) is 2. The Morgan fingerprint density at radius 2 is 1.88 bits per heavy atom. The number of hydrogen-bond acceptors (Lipinski definition) is 6. The van der Waals surface area contributed by atoms with Gasteiger partial charge in [0.05, 0.1) is 17.5 Å². The Bertz CT molecular complexity index is 1070. The van der Waals surface area contributed by atoms with Crippen LogP contribution in [0, 0.1) is 5.92 Å². The van der Waals surface area contributed by atoms with Gasteiger partial charge in [-0.3, -0.25) is 9.59 Å². The third kappa shape index (κ3) is 5.46. The van der Waals surface area contributed by atoms with Crippen molar-refractivity contribution < 1.29 is 27.5 Å². The lowest BCUT2D eigenvalue weighted by Crippen LogP contribution is -2.54. The maximum Gasteiger partial charge on any atom is 0.307 e. The highest BCUT2D eigenvalue weighted by Gasteiger charge is 2.36. The van der Waals surface area contributed by atoms with Gasteiger partial charge in [0.15, 0.2) is 0 Å². The minimum absolute atomic E-state index is 0.121. The molecule has 0 spiro atoms. The van der Waals surface area contributed by atoms with Crippen LogP contribution in [0.15, 0.2) is 47.4 Å². The van der Waals surface area contributed by atoms with Gasteiger partial charge in [-0.25, -0.2) is 8.42 Å². The maximum atomic E-state index is 13.3. The summed E-state index contributed by atoms with van der Waals surface area (Å²) in [6, 6.07) is 10.7. The van der Waals surface area contributed by atoms with E-state index in [1.54, 1.807) is 25.1 Å². The molecule has 1 heterocycles. The number of amides is 1. The first-order valence-corrected chi connectivity index (χ1v) is 12.4. The number of nitrogens with one attached hydrogen (secondary N) is 2. The molecule has 1 aliphatic heterocycles. The Hall–Kier alpha value is -2.49. The van der Waals surface area contributed by atoms with E-state index in [1.165, 1.54) is 6.07 Å². The highest BCUT2D eigenvalue weighted by atomic mass is 32.2. The van der Waals surface area contributed by atoms with Crippen molar-refractivity contribution in [1.82, 2.24) is 10.0 Å². The molecule has 32 heavy (non-hydrogen) atoms. The first-order chi connectivity index (χ1) is 15.3. The van der Waals surface area contributed by atoms with Crippen LogP contribution in [0.5, 0.6) is 0 Å². The van der Waals surface area contributed by atoms with E-state index in [-0.39, 0.29) is 17.2 Å². The summed E-state index contributed by atoms with van der Waals surface area (Å²) >= 11 is 0. The van der Waals surface area contributed by atoms with E-state index < -0.39 is 40.3 Å². The topological polar surface area (TPSA) is 111 Å². The second kappa shape index (κ2) is 10.4. The molecule has 4 atom stereocenters. The van der Waals surface area contributed by atoms with Crippen LogP contribution in [-0.4, -0.2) is 45.3 Å². The van der Waals surface area contributed by atoms with Crippen molar-refractivity contribution >= 4 is 32.7 Å². The molecule has 0 radical (unpaired) electrons. The predicted octanol–water partition coefficient (Wildman–Crippen LogP) is 2.72. The van der Waals surface area contributed by atoms with Crippen LogP contribution in [0.4, 0.5) is 0 Å². The number of benzene rings is 2. The zero-order valence-corrected chi connectivity index (χ0v) is 19.4. The predicted molar refractivity (Wildman–Crippen MR) is 120 cm³/mol. The first kappa shape index (κ1) is 24.2. The van der Waals surface area contributed by atoms with E-state index in [1.807, 2.05) is 32.0 Å². The zero-order valence-electron chi connectivity index (χ0n) is 18.5. The second-order valence-electron chi connectivity index (χ2n) is 7.95. The summed E-state index contributed by atoms with van der Waals surface area (Å²) < 4.78 is 39.8. The summed E-state index contributed by atoms with van der Waals surface area (Å²) in [7, 11) is -3.98. The molecule has 0 aromatic heterocycles. The Morgan fingerprint density at radius 3 is 2.59 bits per heavy atom. The van der Waals surface area contributed by atoms with Gasteiger partial charge in [0.1, 0.15) is 6.04 Å². The van der Waals surface area contributed by atoms with Gasteiger partial charge >= 0.3 is 5.97 Å². The van der Waals surface area contributed by atoms with Gasteiger partial charge in [0.25, 0.3) is 0 Å². The summed E-state index contributed by atoms with van der Waals surface area (Å²) in [5, 5.41) is 4.20.